The minimum atomic E-state index is -0.181. The normalized spacial score (nSPS) is 13.0. The van der Waals surface area contributed by atoms with Crippen molar-refractivity contribution in [1.29, 1.82) is 0 Å². The van der Waals surface area contributed by atoms with Crippen molar-refractivity contribution in [3.63, 3.8) is 0 Å². The molecule has 0 radical (unpaired) electrons. The number of hydrogen-bond donors (Lipinski definition) is 0. The van der Waals surface area contributed by atoms with Crippen LogP contribution in [0.3, 0.4) is 0 Å². The van der Waals surface area contributed by atoms with Crippen LogP contribution in [0.2, 0.25) is 0 Å². The molecule has 0 amide bonds. The van der Waals surface area contributed by atoms with E-state index in [0.717, 1.165) is 72.3 Å². The fourth-order valence-corrected chi connectivity index (χ4v) is 8.86. The number of fused-ring (bicyclic) bond motifs is 8. The second kappa shape index (κ2) is 12.5. The first-order chi connectivity index (χ1) is 27.5. The van der Waals surface area contributed by atoms with Gasteiger partial charge in [-0.05, 0) is 104 Å². The average molecular weight is 717 g/mol. The number of nitrogens with zero attached hydrogens (tertiary/aromatic N) is 2. The van der Waals surface area contributed by atoms with E-state index in [-0.39, 0.29) is 5.41 Å². The highest BCUT2D eigenvalue weighted by atomic mass is 16.3. The van der Waals surface area contributed by atoms with Crippen molar-refractivity contribution in [2.45, 2.75) is 19.3 Å². The molecule has 11 rings (SSSR count). The van der Waals surface area contributed by atoms with Gasteiger partial charge in [-0.15, -0.1) is 0 Å². The van der Waals surface area contributed by atoms with Crippen LogP contribution in [-0.4, -0.2) is 9.97 Å². The Balaban J connectivity index is 1.10. The van der Waals surface area contributed by atoms with Crippen LogP contribution in [-0.2, 0) is 5.41 Å². The smallest absolute Gasteiger partial charge is 0.160 e. The molecule has 0 fully saturated rings. The van der Waals surface area contributed by atoms with Crippen LogP contribution in [0.1, 0.15) is 25.0 Å². The first-order valence-corrected chi connectivity index (χ1v) is 19.2. The first-order valence-electron chi connectivity index (χ1n) is 19.2. The van der Waals surface area contributed by atoms with Gasteiger partial charge in [-0.2, -0.15) is 0 Å². The van der Waals surface area contributed by atoms with Crippen LogP contribution in [0.5, 0.6) is 0 Å². The quantitative estimate of drug-likeness (QED) is 0.178. The Morgan fingerprint density at radius 2 is 1.00 bits per heavy atom. The molecular formula is C53H36N2O. The first kappa shape index (κ1) is 32.3. The Labute approximate surface area is 325 Å². The van der Waals surface area contributed by atoms with Gasteiger partial charge in [-0.1, -0.05) is 147 Å². The van der Waals surface area contributed by atoms with Gasteiger partial charge in [0.2, 0.25) is 0 Å². The highest BCUT2D eigenvalue weighted by molar-refractivity contribution is 6.06. The van der Waals surface area contributed by atoms with E-state index in [1.165, 1.54) is 33.0 Å². The highest BCUT2D eigenvalue weighted by Gasteiger charge is 2.37. The second-order valence-electron chi connectivity index (χ2n) is 15.4. The lowest BCUT2D eigenvalue weighted by Gasteiger charge is -2.23. The van der Waals surface area contributed by atoms with E-state index >= 15 is 0 Å². The molecule has 3 heteroatoms. The van der Waals surface area contributed by atoms with Gasteiger partial charge in [0, 0.05) is 32.9 Å². The van der Waals surface area contributed by atoms with Crippen molar-refractivity contribution in [2.75, 3.05) is 0 Å². The molecule has 0 saturated heterocycles. The Bertz CT molecular complexity index is 3160. The lowest BCUT2D eigenvalue weighted by molar-refractivity contribution is 0.666. The summed E-state index contributed by atoms with van der Waals surface area (Å²) in [5, 5.41) is 4.81. The Morgan fingerprint density at radius 3 is 1.80 bits per heavy atom. The molecule has 2 aromatic heterocycles. The van der Waals surface area contributed by atoms with Crippen LogP contribution < -0.4 is 0 Å². The van der Waals surface area contributed by atoms with E-state index in [9.17, 15) is 0 Å². The van der Waals surface area contributed by atoms with Crippen molar-refractivity contribution in [2.24, 2.45) is 0 Å². The maximum absolute atomic E-state index is 6.20. The molecule has 8 aromatic carbocycles. The monoisotopic (exact) mass is 716 g/mol. The van der Waals surface area contributed by atoms with Gasteiger partial charge < -0.3 is 4.42 Å². The molecule has 264 valence electrons. The third-order valence-corrected chi connectivity index (χ3v) is 11.6. The SMILES string of the molecule is CC1(C)c2cc(-c3cc(-c4cc(-c5ccccc5)cc(-c5ccc6oc7ccccc7c6c5)c4)nc(-c4ccccc4)n3)ccc2-c2ccc3ccccc3c21. The molecule has 3 nitrogen and oxygen atoms in total. The second-order valence-corrected chi connectivity index (χ2v) is 15.4. The molecule has 0 unspecified atom stereocenters. The minimum absolute atomic E-state index is 0.181. The summed E-state index contributed by atoms with van der Waals surface area (Å²) in [6, 6.07) is 64.8. The summed E-state index contributed by atoms with van der Waals surface area (Å²) < 4.78 is 6.20. The maximum atomic E-state index is 6.20. The fourth-order valence-electron chi connectivity index (χ4n) is 8.86. The number of rotatable bonds is 5. The molecule has 0 aliphatic heterocycles. The topological polar surface area (TPSA) is 38.9 Å². The van der Waals surface area contributed by atoms with Crippen molar-refractivity contribution >= 4 is 32.7 Å². The number of para-hydroxylation sites is 1. The van der Waals surface area contributed by atoms with Gasteiger partial charge >= 0.3 is 0 Å². The third-order valence-electron chi connectivity index (χ3n) is 11.6. The Kier molecular flexibility index (Phi) is 7.20. The third kappa shape index (κ3) is 5.20. The maximum Gasteiger partial charge on any atom is 0.160 e. The zero-order valence-corrected chi connectivity index (χ0v) is 31.1. The van der Waals surface area contributed by atoms with Crippen molar-refractivity contribution in [3.05, 3.63) is 193 Å². The zero-order chi connectivity index (χ0) is 37.4. The predicted molar refractivity (Wildman–Crippen MR) is 232 cm³/mol. The van der Waals surface area contributed by atoms with Crippen LogP contribution in [0.15, 0.2) is 186 Å². The standard InChI is InChI=1S/C53H36N2O/c1-53(2)46-31-37(22-24-42(46)44-25-21-34-15-9-10-18-41(34)51(44)53)47-32-48(55-52(54-47)35-16-7-4-8-17-35)40-28-38(33-13-5-3-6-14-33)27-39(29-40)36-23-26-50-45(30-36)43-19-11-12-20-49(43)56-50/h3-32H,1-2H3. The molecule has 0 atom stereocenters. The van der Waals surface area contributed by atoms with Gasteiger partial charge in [0.15, 0.2) is 5.82 Å². The Morgan fingerprint density at radius 1 is 0.393 bits per heavy atom. The summed E-state index contributed by atoms with van der Waals surface area (Å²) in [6.07, 6.45) is 0. The summed E-state index contributed by atoms with van der Waals surface area (Å²) in [5.41, 5.74) is 16.3. The van der Waals surface area contributed by atoms with E-state index in [4.69, 9.17) is 14.4 Å². The molecule has 0 N–H and O–H groups in total. The van der Waals surface area contributed by atoms with Gasteiger partial charge in [0.1, 0.15) is 11.2 Å². The van der Waals surface area contributed by atoms with E-state index in [0.29, 0.717) is 5.82 Å². The van der Waals surface area contributed by atoms with Crippen molar-refractivity contribution in [1.82, 2.24) is 9.97 Å². The molecule has 10 aromatic rings. The molecule has 56 heavy (non-hydrogen) atoms. The largest absolute Gasteiger partial charge is 0.456 e. The van der Waals surface area contributed by atoms with Crippen molar-refractivity contribution in [3.8, 4) is 67.3 Å². The number of hydrogen-bond acceptors (Lipinski definition) is 3. The molecular weight excluding hydrogens is 681 g/mol. The number of aromatic nitrogens is 2. The van der Waals surface area contributed by atoms with Crippen molar-refractivity contribution < 1.29 is 4.42 Å². The molecule has 0 spiro atoms. The summed E-state index contributed by atoms with van der Waals surface area (Å²) in [6.45, 7) is 4.71. The van der Waals surface area contributed by atoms with E-state index < -0.39 is 0 Å². The van der Waals surface area contributed by atoms with Crippen LogP contribution in [0, 0.1) is 0 Å². The highest BCUT2D eigenvalue weighted by Crippen LogP contribution is 2.52. The van der Waals surface area contributed by atoms with Crippen LogP contribution >= 0.6 is 0 Å². The lowest BCUT2D eigenvalue weighted by atomic mass is 9.80. The predicted octanol–water partition coefficient (Wildman–Crippen LogP) is 14.2. The summed E-state index contributed by atoms with van der Waals surface area (Å²) in [7, 11) is 0. The van der Waals surface area contributed by atoms with Crippen LogP contribution in [0.4, 0.5) is 0 Å². The van der Waals surface area contributed by atoms with E-state index in [1.807, 2.05) is 30.3 Å². The summed E-state index contributed by atoms with van der Waals surface area (Å²) >= 11 is 0. The fraction of sp³-hybridized carbons (Fsp3) is 0.0566. The number of benzene rings is 8. The van der Waals surface area contributed by atoms with Gasteiger partial charge in [0.05, 0.1) is 11.4 Å². The molecule has 2 heterocycles. The van der Waals surface area contributed by atoms with Gasteiger partial charge in [0.25, 0.3) is 0 Å². The zero-order valence-electron chi connectivity index (χ0n) is 31.1. The summed E-state index contributed by atoms with van der Waals surface area (Å²) in [4.78, 5) is 10.6. The molecule has 0 bridgehead atoms. The molecule has 1 aliphatic rings. The van der Waals surface area contributed by atoms with Gasteiger partial charge in [-0.25, -0.2) is 9.97 Å². The molecule has 1 aliphatic carbocycles. The lowest BCUT2D eigenvalue weighted by Crippen LogP contribution is -2.15. The number of furan rings is 1. The minimum Gasteiger partial charge on any atom is -0.456 e. The van der Waals surface area contributed by atoms with Gasteiger partial charge in [-0.3, -0.25) is 0 Å². The van der Waals surface area contributed by atoms with E-state index in [1.54, 1.807) is 0 Å². The summed E-state index contributed by atoms with van der Waals surface area (Å²) in [5.74, 6) is 0.699. The van der Waals surface area contributed by atoms with E-state index in [2.05, 4.69) is 166 Å². The average Bonchev–Trinajstić information content (AvgIpc) is 3.75. The Hall–Kier alpha value is -7.10. The van der Waals surface area contributed by atoms with Crippen LogP contribution in [0.25, 0.3) is 100.0 Å². The molecule has 0 saturated carbocycles.